The number of halogens is 3. The van der Waals surface area contributed by atoms with Gasteiger partial charge in [-0.1, -0.05) is 12.1 Å². The van der Waals surface area contributed by atoms with Crippen LogP contribution in [0.3, 0.4) is 0 Å². The molecule has 0 amide bonds. The van der Waals surface area contributed by atoms with Crippen molar-refractivity contribution in [3.05, 3.63) is 35.4 Å². The van der Waals surface area contributed by atoms with Gasteiger partial charge < -0.3 is 5.32 Å². The molecule has 19 heavy (non-hydrogen) atoms. The Balaban J connectivity index is 2.34. The Morgan fingerprint density at radius 1 is 1.26 bits per heavy atom. The van der Waals surface area contributed by atoms with Crippen molar-refractivity contribution in [2.75, 3.05) is 26.2 Å². The fourth-order valence-corrected chi connectivity index (χ4v) is 2.33. The van der Waals surface area contributed by atoms with Crippen molar-refractivity contribution in [2.45, 2.75) is 12.2 Å². The summed E-state index contributed by atoms with van der Waals surface area (Å²) in [4.78, 5) is 1.41. The molecule has 0 saturated carbocycles. The molecule has 1 N–H and O–H groups in total. The zero-order valence-electron chi connectivity index (χ0n) is 10.2. The minimum atomic E-state index is -4.34. The average molecular weight is 269 g/mol. The van der Waals surface area contributed by atoms with E-state index < -0.39 is 12.2 Å². The lowest BCUT2D eigenvalue weighted by atomic mass is 10.0. The molecule has 0 aliphatic carbocycles. The first-order valence-corrected chi connectivity index (χ1v) is 6.04. The van der Waals surface area contributed by atoms with Gasteiger partial charge in [0.2, 0.25) is 0 Å². The highest BCUT2D eigenvalue weighted by atomic mass is 19.4. The van der Waals surface area contributed by atoms with Gasteiger partial charge in [0.05, 0.1) is 11.6 Å². The number of alkyl halides is 3. The SMILES string of the molecule is N#Cc1cccc([C@H](N2CCNCC2)C(F)(F)F)c1. The third-order valence-corrected chi connectivity index (χ3v) is 3.16. The molecular formula is C13H14F3N3. The van der Waals surface area contributed by atoms with E-state index in [9.17, 15) is 13.2 Å². The lowest BCUT2D eigenvalue weighted by Crippen LogP contribution is -2.49. The number of benzene rings is 1. The van der Waals surface area contributed by atoms with Gasteiger partial charge in [0.25, 0.3) is 0 Å². The van der Waals surface area contributed by atoms with E-state index in [1.807, 2.05) is 6.07 Å². The normalized spacial score (nSPS) is 18.8. The summed E-state index contributed by atoms with van der Waals surface area (Å²) < 4.78 is 39.8. The van der Waals surface area contributed by atoms with Gasteiger partial charge in [-0.25, -0.2) is 0 Å². The van der Waals surface area contributed by atoms with Crippen molar-refractivity contribution in [1.82, 2.24) is 10.2 Å². The maximum absolute atomic E-state index is 13.3. The van der Waals surface area contributed by atoms with Gasteiger partial charge in [-0.2, -0.15) is 18.4 Å². The molecule has 0 unspecified atom stereocenters. The zero-order valence-corrected chi connectivity index (χ0v) is 10.2. The number of nitrogens with one attached hydrogen (secondary N) is 1. The van der Waals surface area contributed by atoms with Gasteiger partial charge in [0, 0.05) is 26.2 Å². The van der Waals surface area contributed by atoms with E-state index in [0.29, 0.717) is 26.2 Å². The second-order valence-corrected chi connectivity index (χ2v) is 4.47. The van der Waals surface area contributed by atoms with Gasteiger partial charge in [-0.3, -0.25) is 4.90 Å². The van der Waals surface area contributed by atoms with Gasteiger partial charge >= 0.3 is 6.18 Å². The van der Waals surface area contributed by atoms with E-state index in [1.54, 1.807) is 0 Å². The van der Waals surface area contributed by atoms with Crippen LogP contribution in [0.5, 0.6) is 0 Å². The van der Waals surface area contributed by atoms with Crippen molar-refractivity contribution >= 4 is 0 Å². The molecule has 2 rings (SSSR count). The second-order valence-electron chi connectivity index (χ2n) is 4.47. The van der Waals surface area contributed by atoms with Gasteiger partial charge in [0.15, 0.2) is 0 Å². The Bertz CT molecular complexity index is 473. The van der Waals surface area contributed by atoms with Crippen LogP contribution < -0.4 is 5.32 Å². The largest absolute Gasteiger partial charge is 0.408 e. The summed E-state index contributed by atoms with van der Waals surface area (Å²) in [6, 6.07) is 6.00. The van der Waals surface area contributed by atoms with Crippen LogP contribution in [0.4, 0.5) is 13.2 Å². The molecule has 1 atom stereocenters. The van der Waals surface area contributed by atoms with Gasteiger partial charge in [-0.05, 0) is 17.7 Å². The third kappa shape index (κ3) is 3.25. The Morgan fingerprint density at radius 2 is 1.95 bits per heavy atom. The summed E-state index contributed by atoms with van der Waals surface area (Å²) >= 11 is 0. The molecule has 1 aliphatic rings. The van der Waals surface area contributed by atoms with Crippen LogP contribution in [-0.4, -0.2) is 37.3 Å². The summed E-state index contributed by atoms with van der Waals surface area (Å²) in [5.41, 5.74) is 0.385. The predicted octanol–water partition coefficient (Wildman–Crippen LogP) is 2.07. The van der Waals surface area contributed by atoms with E-state index in [0.717, 1.165) is 0 Å². The number of hydrogen-bond acceptors (Lipinski definition) is 3. The molecule has 0 spiro atoms. The maximum atomic E-state index is 13.3. The number of hydrogen-bond donors (Lipinski definition) is 1. The molecule has 1 heterocycles. The van der Waals surface area contributed by atoms with E-state index in [2.05, 4.69) is 5.32 Å². The van der Waals surface area contributed by atoms with E-state index in [-0.39, 0.29) is 11.1 Å². The fraction of sp³-hybridized carbons (Fsp3) is 0.462. The Morgan fingerprint density at radius 3 is 2.53 bits per heavy atom. The molecule has 1 fully saturated rings. The molecule has 0 radical (unpaired) electrons. The van der Waals surface area contributed by atoms with Crippen molar-refractivity contribution in [3.63, 3.8) is 0 Å². The quantitative estimate of drug-likeness (QED) is 0.893. The Hall–Kier alpha value is -1.58. The number of rotatable bonds is 2. The molecule has 1 aliphatic heterocycles. The maximum Gasteiger partial charge on any atom is 0.408 e. The summed E-state index contributed by atoms with van der Waals surface area (Å²) in [7, 11) is 0. The zero-order chi connectivity index (χ0) is 13.9. The highest BCUT2D eigenvalue weighted by Gasteiger charge is 2.44. The van der Waals surface area contributed by atoms with Crippen molar-refractivity contribution < 1.29 is 13.2 Å². The number of nitriles is 1. The third-order valence-electron chi connectivity index (χ3n) is 3.16. The molecular weight excluding hydrogens is 255 g/mol. The molecule has 3 nitrogen and oxygen atoms in total. The van der Waals surface area contributed by atoms with Crippen LogP contribution in [0.1, 0.15) is 17.2 Å². The Labute approximate surface area is 109 Å². The molecule has 1 aromatic rings. The Kier molecular flexibility index (Phi) is 4.08. The van der Waals surface area contributed by atoms with Gasteiger partial charge in [-0.15, -0.1) is 0 Å². The van der Waals surface area contributed by atoms with Crippen LogP contribution in [0.15, 0.2) is 24.3 Å². The first-order chi connectivity index (χ1) is 9.02. The molecule has 1 saturated heterocycles. The highest BCUT2D eigenvalue weighted by molar-refractivity contribution is 5.34. The van der Waals surface area contributed by atoms with Crippen molar-refractivity contribution in [2.24, 2.45) is 0 Å². The monoisotopic (exact) mass is 269 g/mol. The van der Waals surface area contributed by atoms with Crippen molar-refractivity contribution in [3.8, 4) is 6.07 Å². The summed E-state index contributed by atoms with van der Waals surface area (Å²) in [5, 5.41) is 11.8. The topological polar surface area (TPSA) is 39.1 Å². The first kappa shape index (κ1) is 13.8. The molecule has 102 valence electrons. The van der Waals surface area contributed by atoms with Crippen LogP contribution in [0.25, 0.3) is 0 Å². The number of nitrogens with zero attached hydrogens (tertiary/aromatic N) is 2. The minimum absolute atomic E-state index is 0.133. The second kappa shape index (κ2) is 5.59. The summed E-state index contributed by atoms with van der Waals surface area (Å²) in [6.07, 6.45) is -4.34. The standard InChI is InChI=1S/C13H14F3N3/c14-13(15,16)12(19-6-4-18-5-7-19)11-3-1-2-10(8-11)9-17/h1-3,8,12,18H,4-7H2/t12-/m0/s1. The minimum Gasteiger partial charge on any atom is -0.314 e. The molecule has 0 bridgehead atoms. The molecule has 0 aromatic heterocycles. The highest BCUT2D eigenvalue weighted by Crippen LogP contribution is 2.37. The smallest absolute Gasteiger partial charge is 0.314 e. The number of piperazine rings is 1. The van der Waals surface area contributed by atoms with Crippen LogP contribution in [0, 0.1) is 11.3 Å². The predicted molar refractivity (Wildman–Crippen MR) is 64.4 cm³/mol. The first-order valence-electron chi connectivity index (χ1n) is 6.04. The van der Waals surface area contributed by atoms with Crippen molar-refractivity contribution in [1.29, 1.82) is 5.26 Å². The summed E-state index contributed by atoms with van der Waals surface area (Å²) in [5.74, 6) is 0. The van der Waals surface area contributed by atoms with Crippen LogP contribution >= 0.6 is 0 Å². The fourth-order valence-electron chi connectivity index (χ4n) is 2.33. The van der Waals surface area contributed by atoms with E-state index in [4.69, 9.17) is 5.26 Å². The molecule has 1 aromatic carbocycles. The van der Waals surface area contributed by atoms with Crippen LogP contribution in [0.2, 0.25) is 0 Å². The molecule has 6 heteroatoms. The lowest BCUT2D eigenvalue weighted by molar-refractivity contribution is -0.187. The van der Waals surface area contributed by atoms with Crippen LogP contribution in [-0.2, 0) is 0 Å². The lowest BCUT2D eigenvalue weighted by Gasteiger charge is -2.36. The average Bonchev–Trinajstić information content (AvgIpc) is 2.39. The van der Waals surface area contributed by atoms with Gasteiger partial charge in [0.1, 0.15) is 6.04 Å². The van der Waals surface area contributed by atoms with E-state index >= 15 is 0 Å². The summed E-state index contributed by atoms with van der Waals surface area (Å²) in [6.45, 7) is 1.79. The van der Waals surface area contributed by atoms with E-state index in [1.165, 1.54) is 29.2 Å².